The van der Waals surface area contributed by atoms with E-state index in [0.29, 0.717) is 39.9 Å². The molecule has 4 heterocycles. The summed E-state index contributed by atoms with van der Waals surface area (Å²) in [5.41, 5.74) is 8.15. The Hall–Kier alpha value is -4.82. The number of nitrogens with zero attached hydrogens (tertiary/aromatic N) is 6. The molecule has 0 saturated carbocycles. The minimum Gasteiger partial charge on any atom is -0.399 e. The Bertz CT molecular complexity index is 2180. The van der Waals surface area contributed by atoms with Crippen molar-refractivity contribution in [2.45, 2.75) is 42.8 Å². The molecule has 0 spiro atoms. The summed E-state index contributed by atoms with van der Waals surface area (Å²) in [4.78, 5) is 42.0. The number of carbonyl (C=O) groups is 2. The molecule has 1 saturated heterocycles. The molecule has 0 radical (unpaired) electrons. The van der Waals surface area contributed by atoms with Crippen LogP contribution in [0.3, 0.4) is 0 Å². The van der Waals surface area contributed by atoms with E-state index in [1.54, 1.807) is 55.7 Å². The molecule has 1 fully saturated rings. The van der Waals surface area contributed by atoms with Gasteiger partial charge in [-0.15, -0.1) is 0 Å². The van der Waals surface area contributed by atoms with E-state index in [0.717, 1.165) is 16.7 Å². The first-order valence-corrected chi connectivity index (χ1v) is 17.6. The molecular weight excluding hydrogens is 687 g/mol. The number of halogens is 2. The molecule has 5 aromatic rings. The summed E-state index contributed by atoms with van der Waals surface area (Å²) < 4.78 is 31.7. The molecule has 0 aliphatic carbocycles. The van der Waals surface area contributed by atoms with Crippen LogP contribution in [0.1, 0.15) is 25.3 Å². The molecule has 3 aromatic carbocycles. The number of hydrogen-bond acceptors (Lipinski definition) is 8. The van der Waals surface area contributed by atoms with Crippen LogP contribution in [0.5, 0.6) is 0 Å². The average Bonchev–Trinajstić information content (AvgIpc) is 3.79. The average molecular weight is 718 g/mol. The molecule has 2 amide bonds. The lowest BCUT2D eigenvalue weighted by molar-refractivity contribution is -0.124. The third kappa shape index (κ3) is 5.92. The van der Waals surface area contributed by atoms with Gasteiger partial charge in [-0.1, -0.05) is 53.5 Å². The predicted molar refractivity (Wildman–Crippen MR) is 187 cm³/mol. The van der Waals surface area contributed by atoms with E-state index in [1.165, 1.54) is 32.4 Å². The van der Waals surface area contributed by atoms with Gasteiger partial charge in [0, 0.05) is 52.3 Å². The Morgan fingerprint density at radius 1 is 1.00 bits per heavy atom. The SMILES string of the molecule is C[C@@]1(Cc2ccc(-c3cncnc3)cc2)C(=O)N(c2cc(Cl)cc(Cl)c2)c2ncc(S(=O)(=O)N3CCC[C@H]3C(=O)Nc3cccc(N)c3)n21. The van der Waals surface area contributed by atoms with Crippen molar-refractivity contribution >= 4 is 68.1 Å². The van der Waals surface area contributed by atoms with Gasteiger partial charge in [-0.2, -0.15) is 4.31 Å². The molecule has 3 N–H and O–H groups in total. The van der Waals surface area contributed by atoms with Gasteiger partial charge < -0.3 is 11.1 Å². The summed E-state index contributed by atoms with van der Waals surface area (Å²) in [5.74, 6) is -0.823. The molecule has 250 valence electrons. The van der Waals surface area contributed by atoms with E-state index in [9.17, 15) is 18.0 Å². The number of rotatable bonds is 8. The van der Waals surface area contributed by atoms with Gasteiger partial charge in [-0.25, -0.2) is 28.3 Å². The van der Waals surface area contributed by atoms with E-state index >= 15 is 0 Å². The number of fused-ring (bicyclic) bond motifs is 1. The van der Waals surface area contributed by atoms with Gasteiger partial charge in [0.05, 0.1) is 11.9 Å². The van der Waals surface area contributed by atoms with E-state index < -0.39 is 33.4 Å². The largest absolute Gasteiger partial charge is 0.399 e. The van der Waals surface area contributed by atoms with Crippen molar-refractivity contribution in [3.05, 3.63) is 107 Å². The second-order valence-corrected chi connectivity index (χ2v) is 14.9. The molecular formula is C34H30Cl2N8O4S. The Morgan fingerprint density at radius 2 is 1.71 bits per heavy atom. The minimum atomic E-state index is -4.36. The standard InChI is InChI=1S/C34H30Cl2N8O4S/c1-34(16-21-7-9-22(10-8-21)23-17-38-20-39-18-23)32(46)43(28-13-24(35)12-25(36)14-28)33-40-19-30(44(33)34)49(47,48)42-11-3-6-29(42)31(45)41-27-5-2-4-26(37)15-27/h2,4-5,7-10,12-15,17-20,29H,3,6,11,16,37H2,1H3,(H,41,45)/t29-,34+/m0/s1. The second kappa shape index (κ2) is 12.6. The Balaban J connectivity index is 1.29. The molecule has 2 aromatic heterocycles. The first-order chi connectivity index (χ1) is 23.5. The van der Waals surface area contributed by atoms with Gasteiger partial charge in [0.15, 0.2) is 5.03 Å². The fourth-order valence-electron chi connectivity index (χ4n) is 6.53. The van der Waals surface area contributed by atoms with Crippen molar-refractivity contribution < 1.29 is 18.0 Å². The van der Waals surface area contributed by atoms with Crippen LogP contribution in [0.4, 0.5) is 23.0 Å². The van der Waals surface area contributed by atoms with Gasteiger partial charge in [-0.05, 0) is 67.3 Å². The zero-order valence-corrected chi connectivity index (χ0v) is 28.5. The Labute approximate surface area is 292 Å². The topological polar surface area (TPSA) is 156 Å². The molecule has 7 rings (SSSR count). The Kier molecular flexibility index (Phi) is 8.39. The highest BCUT2D eigenvalue weighted by Gasteiger charge is 2.53. The van der Waals surface area contributed by atoms with Crippen molar-refractivity contribution in [1.82, 2.24) is 23.8 Å². The first-order valence-electron chi connectivity index (χ1n) is 15.4. The number of aromatic nitrogens is 4. The second-order valence-electron chi connectivity index (χ2n) is 12.2. The molecule has 12 nitrogen and oxygen atoms in total. The molecule has 15 heteroatoms. The highest BCUT2D eigenvalue weighted by molar-refractivity contribution is 7.89. The molecule has 2 atom stereocenters. The van der Waals surface area contributed by atoms with Crippen LogP contribution >= 0.6 is 23.2 Å². The van der Waals surface area contributed by atoms with E-state index in [2.05, 4.69) is 20.3 Å². The number of nitrogens with one attached hydrogen (secondary N) is 1. The monoisotopic (exact) mass is 716 g/mol. The number of amides is 2. The van der Waals surface area contributed by atoms with Crippen molar-refractivity contribution in [2.75, 3.05) is 22.5 Å². The lowest BCUT2D eigenvalue weighted by atomic mass is 9.91. The summed E-state index contributed by atoms with van der Waals surface area (Å²) in [6.45, 7) is 1.79. The van der Waals surface area contributed by atoms with Crippen molar-refractivity contribution in [2.24, 2.45) is 0 Å². The van der Waals surface area contributed by atoms with Gasteiger partial charge in [-0.3, -0.25) is 14.2 Å². The normalized spacial score (nSPS) is 19.3. The molecule has 49 heavy (non-hydrogen) atoms. The number of hydrogen-bond donors (Lipinski definition) is 2. The zero-order valence-electron chi connectivity index (χ0n) is 26.1. The zero-order chi connectivity index (χ0) is 34.5. The molecule has 2 aliphatic rings. The van der Waals surface area contributed by atoms with Crippen LogP contribution in [-0.4, -0.2) is 56.6 Å². The van der Waals surface area contributed by atoms with Crippen LogP contribution in [0.15, 0.2) is 96.7 Å². The van der Waals surface area contributed by atoms with Crippen LogP contribution in [-0.2, 0) is 31.6 Å². The maximum atomic E-state index is 14.6. The van der Waals surface area contributed by atoms with Crippen LogP contribution < -0.4 is 16.0 Å². The highest BCUT2D eigenvalue weighted by Crippen LogP contribution is 2.45. The van der Waals surface area contributed by atoms with Gasteiger partial charge >= 0.3 is 0 Å². The molecule has 0 bridgehead atoms. The lowest BCUT2D eigenvalue weighted by Crippen LogP contribution is -2.46. The summed E-state index contributed by atoms with van der Waals surface area (Å²) in [6, 6.07) is 17.9. The number of nitrogens with two attached hydrogens (primary N) is 1. The maximum Gasteiger partial charge on any atom is 0.261 e. The van der Waals surface area contributed by atoms with Crippen molar-refractivity contribution in [3.63, 3.8) is 0 Å². The quantitative estimate of drug-likeness (QED) is 0.195. The minimum absolute atomic E-state index is 0.0856. The van der Waals surface area contributed by atoms with Gasteiger partial charge in [0.1, 0.15) is 17.9 Å². The van der Waals surface area contributed by atoms with E-state index in [1.807, 2.05) is 24.3 Å². The fourth-order valence-corrected chi connectivity index (χ4v) is 8.89. The summed E-state index contributed by atoms with van der Waals surface area (Å²) >= 11 is 12.7. The first kappa shape index (κ1) is 32.7. The third-order valence-electron chi connectivity index (χ3n) is 8.80. The molecule has 2 aliphatic heterocycles. The number of benzene rings is 3. The van der Waals surface area contributed by atoms with E-state index in [4.69, 9.17) is 28.9 Å². The van der Waals surface area contributed by atoms with Crippen molar-refractivity contribution in [3.8, 4) is 11.1 Å². The van der Waals surface area contributed by atoms with E-state index in [-0.39, 0.29) is 23.9 Å². The van der Waals surface area contributed by atoms with Crippen LogP contribution in [0, 0.1) is 0 Å². The maximum absolute atomic E-state index is 14.6. The number of anilines is 4. The fraction of sp³-hybridized carbons (Fsp3) is 0.206. The van der Waals surface area contributed by atoms with Gasteiger partial charge in [0.2, 0.25) is 11.9 Å². The summed E-state index contributed by atoms with van der Waals surface area (Å²) in [5, 5.41) is 3.17. The van der Waals surface area contributed by atoms with Crippen molar-refractivity contribution in [1.29, 1.82) is 0 Å². The van der Waals surface area contributed by atoms with Gasteiger partial charge in [0.25, 0.3) is 15.9 Å². The lowest BCUT2D eigenvalue weighted by Gasteiger charge is -2.29. The summed E-state index contributed by atoms with van der Waals surface area (Å²) in [6.07, 6.45) is 7.00. The number of imidazole rings is 1. The number of nitrogen functional groups attached to an aromatic ring is 1. The third-order valence-corrected chi connectivity index (χ3v) is 11.1. The highest BCUT2D eigenvalue weighted by atomic mass is 35.5. The summed E-state index contributed by atoms with van der Waals surface area (Å²) in [7, 11) is -4.36. The predicted octanol–water partition coefficient (Wildman–Crippen LogP) is 5.66. The van der Waals surface area contributed by atoms with Crippen LogP contribution in [0.2, 0.25) is 10.0 Å². The molecule has 0 unspecified atom stereocenters. The number of carbonyl (C=O) groups excluding carboxylic acids is 2. The Morgan fingerprint density at radius 3 is 2.41 bits per heavy atom. The van der Waals surface area contributed by atoms with Crippen LogP contribution in [0.25, 0.3) is 11.1 Å². The smallest absolute Gasteiger partial charge is 0.261 e. The number of sulfonamides is 1.